The fourth-order valence-corrected chi connectivity index (χ4v) is 2.72. The van der Waals surface area contributed by atoms with Crippen molar-refractivity contribution in [3.63, 3.8) is 0 Å². The van der Waals surface area contributed by atoms with Gasteiger partial charge in [0.05, 0.1) is 0 Å². The second-order valence-electron chi connectivity index (χ2n) is 5.78. The maximum absolute atomic E-state index is 12.4. The normalized spacial score (nSPS) is 16.0. The van der Waals surface area contributed by atoms with Gasteiger partial charge in [0.25, 0.3) is 0 Å². The standard InChI is InChI=1S/C16H28N2O3/c1-4-14(5-2)16(21)18-10-6-9-17(11-12-18)15(20)8-7-13(3)19/h14H,4-12H2,1-3H3. The molecule has 0 aromatic heterocycles. The van der Waals surface area contributed by atoms with Gasteiger partial charge in [0, 0.05) is 44.9 Å². The van der Waals surface area contributed by atoms with Crippen LogP contribution in [0.1, 0.15) is 52.9 Å². The quantitative estimate of drug-likeness (QED) is 0.751. The zero-order valence-electron chi connectivity index (χ0n) is 13.6. The summed E-state index contributed by atoms with van der Waals surface area (Å²) in [6, 6.07) is 0. The second-order valence-corrected chi connectivity index (χ2v) is 5.78. The number of Topliss-reactive ketones (excluding diaryl/α,β-unsaturated/α-hetero) is 1. The minimum absolute atomic E-state index is 0.0297. The molecule has 0 radical (unpaired) electrons. The van der Waals surface area contributed by atoms with Gasteiger partial charge in [-0.15, -0.1) is 0 Å². The summed E-state index contributed by atoms with van der Waals surface area (Å²) in [7, 11) is 0. The number of amides is 2. The van der Waals surface area contributed by atoms with Gasteiger partial charge >= 0.3 is 0 Å². The summed E-state index contributed by atoms with van der Waals surface area (Å²) in [6.07, 6.45) is 3.15. The van der Waals surface area contributed by atoms with Crippen LogP contribution in [-0.2, 0) is 14.4 Å². The first kappa shape index (κ1) is 17.7. The predicted octanol–water partition coefficient (Wildman–Crippen LogP) is 1.85. The predicted molar refractivity (Wildman–Crippen MR) is 81.8 cm³/mol. The number of carbonyl (C=O) groups excluding carboxylic acids is 3. The summed E-state index contributed by atoms with van der Waals surface area (Å²) >= 11 is 0. The first-order valence-electron chi connectivity index (χ1n) is 8.05. The van der Waals surface area contributed by atoms with Crippen molar-refractivity contribution in [2.45, 2.75) is 52.9 Å². The number of ketones is 1. The van der Waals surface area contributed by atoms with Crippen LogP contribution in [0.4, 0.5) is 0 Å². The lowest BCUT2D eigenvalue weighted by Crippen LogP contribution is -2.39. The van der Waals surface area contributed by atoms with Crippen LogP contribution in [0, 0.1) is 5.92 Å². The third-order valence-corrected chi connectivity index (χ3v) is 4.19. The van der Waals surface area contributed by atoms with E-state index in [4.69, 9.17) is 0 Å². The van der Waals surface area contributed by atoms with Gasteiger partial charge in [-0.2, -0.15) is 0 Å². The molecule has 0 N–H and O–H groups in total. The van der Waals surface area contributed by atoms with Crippen LogP contribution in [-0.4, -0.2) is 53.6 Å². The van der Waals surface area contributed by atoms with E-state index in [0.29, 0.717) is 26.1 Å². The lowest BCUT2D eigenvalue weighted by molar-refractivity contribution is -0.136. The summed E-state index contributed by atoms with van der Waals surface area (Å²) in [5, 5.41) is 0. The molecule has 1 fully saturated rings. The van der Waals surface area contributed by atoms with E-state index >= 15 is 0 Å². The second kappa shape index (κ2) is 8.80. The fourth-order valence-electron chi connectivity index (χ4n) is 2.72. The Labute approximate surface area is 127 Å². The summed E-state index contributed by atoms with van der Waals surface area (Å²) in [4.78, 5) is 39.1. The van der Waals surface area contributed by atoms with Crippen molar-refractivity contribution in [2.24, 2.45) is 5.92 Å². The molecule has 5 heteroatoms. The number of hydrogen-bond acceptors (Lipinski definition) is 3. The first-order chi connectivity index (χ1) is 9.99. The van der Waals surface area contributed by atoms with Crippen molar-refractivity contribution in [2.75, 3.05) is 26.2 Å². The van der Waals surface area contributed by atoms with Crippen molar-refractivity contribution in [1.82, 2.24) is 9.80 Å². The van der Waals surface area contributed by atoms with E-state index in [9.17, 15) is 14.4 Å². The molecule has 0 aromatic carbocycles. The maximum atomic E-state index is 12.4. The molecule has 0 spiro atoms. The zero-order chi connectivity index (χ0) is 15.8. The Kier molecular flexibility index (Phi) is 7.40. The molecular weight excluding hydrogens is 268 g/mol. The molecule has 0 saturated carbocycles. The molecule has 0 atom stereocenters. The van der Waals surface area contributed by atoms with Gasteiger partial charge in [-0.1, -0.05) is 13.8 Å². The molecule has 1 rings (SSSR count). The smallest absolute Gasteiger partial charge is 0.225 e. The highest BCUT2D eigenvalue weighted by Gasteiger charge is 2.25. The molecule has 2 amide bonds. The molecule has 21 heavy (non-hydrogen) atoms. The van der Waals surface area contributed by atoms with Gasteiger partial charge in [-0.25, -0.2) is 0 Å². The van der Waals surface area contributed by atoms with Gasteiger partial charge in [-0.05, 0) is 26.2 Å². The summed E-state index contributed by atoms with van der Waals surface area (Å²) < 4.78 is 0. The van der Waals surface area contributed by atoms with Gasteiger partial charge in [0.1, 0.15) is 5.78 Å². The third-order valence-electron chi connectivity index (χ3n) is 4.19. The highest BCUT2D eigenvalue weighted by molar-refractivity contribution is 5.83. The van der Waals surface area contributed by atoms with Crippen molar-refractivity contribution in [3.8, 4) is 0 Å². The summed E-state index contributed by atoms with van der Waals surface area (Å²) in [5.41, 5.74) is 0. The van der Waals surface area contributed by atoms with Crippen LogP contribution in [0.2, 0.25) is 0 Å². The van der Waals surface area contributed by atoms with E-state index in [2.05, 4.69) is 0 Å². The van der Waals surface area contributed by atoms with Crippen LogP contribution in [0.5, 0.6) is 0 Å². The maximum Gasteiger partial charge on any atom is 0.225 e. The SMILES string of the molecule is CCC(CC)C(=O)N1CCCN(C(=O)CCC(C)=O)CC1. The lowest BCUT2D eigenvalue weighted by atomic mass is 10.0. The van der Waals surface area contributed by atoms with Gasteiger partial charge in [0.15, 0.2) is 0 Å². The molecule has 120 valence electrons. The highest BCUT2D eigenvalue weighted by Crippen LogP contribution is 2.14. The van der Waals surface area contributed by atoms with Crippen molar-refractivity contribution in [3.05, 3.63) is 0 Å². The molecule has 5 nitrogen and oxygen atoms in total. The summed E-state index contributed by atoms with van der Waals surface area (Å²) in [5.74, 6) is 0.397. The van der Waals surface area contributed by atoms with Gasteiger partial charge in [0.2, 0.25) is 11.8 Å². The van der Waals surface area contributed by atoms with Gasteiger partial charge < -0.3 is 14.6 Å². The molecule has 0 aliphatic carbocycles. The Balaban J connectivity index is 2.51. The van der Waals surface area contributed by atoms with E-state index in [1.54, 1.807) is 4.90 Å². The minimum atomic E-state index is 0.0297. The van der Waals surface area contributed by atoms with E-state index in [0.717, 1.165) is 25.8 Å². The van der Waals surface area contributed by atoms with E-state index in [-0.39, 0.29) is 29.9 Å². The fraction of sp³-hybridized carbons (Fsp3) is 0.812. The van der Waals surface area contributed by atoms with Crippen LogP contribution >= 0.6 is 0 Å². The Morgan fingerprint density at radius 1 is 0.905 bits per heavy atom. The number of nitrogens with zero attached hydrogens (tertiary/aromatic N) is 2. The number of carbonyl (C=O) groups is 3. The van der Waals surface area contributed by atoms with Crippen LogP contribution < -0.4 is 0 Å². The molecule has 1 heterocycles. The topological polar surface area (TPSA) is 57.7 Å². The molecule has 1 aliphatic heterocycles. The lowest BCUT2D eigenvalue weighted by Gasteiger charge is -2.25. The number of rotatable bonds is 6. The van der Waals surface area contributed by atoms with Crippen LogP contribution in [0.15, 0.2) is 0 Å². The molecular formula is C16H28N2O3. The Hall–Kier alpha value is -1.39. The molecule has 0 bridgehead atoms. The Morgan fingerprint density at radius 3 is 2.05 bits per heavy atom. The largest absolute Gasteiger partial charge is 0.341 e. The van der Waals surface area contributed by atoms with Crippen LogP contribution in [0.3, 0.4) is 0 Å². The van der Waals surface area contributed by atoms with Crippen LogP contribution in [0.25, 0.3) is 0 Å². The van der Waals surface area contributed by atoms with Gasteiger partial charge in [-0.3, -0.25) is 9.59 Å². The molecule has 0 aromatic rings. The van der Waals surface area contributed by atoms with E-state index in [1.807, 2.05) is 18.7 Å². The molecule has 0 unspecified atom stereocenters. The average Bonchev–Trinajstić information content (AvgIpc) is 2.71. The number of hydrogen-bond donors (Lipinski definition) is 0. The molecule has 1 aliphatic rings. The summed E-state index contributed by atoms with van der Waals surface area (Å²) in [6.45, 7) is 8.20. The average molecular weight is 296 g/mol. The van der Waals surface area contributed by atoms with Crippen molar-refractivity contribution >= 4 is 17.6 Å². The molecule has 1 saturated heterocycles. The Bertz CT molecular complexity index is 378. The first-order valence-corrected chi connectivity index (χ1v) is 8.05. The monoisotopic (exact) mass is 296 g/mol. The van der Waals surface area contributed by atoms with E-state index in [1.165, 1.54) is 6.92 Å². The van der Waals surface area contributed by atoms with Crippen molar-refractivity contribution < 1.29 is 14.4 Å². The van der Waals surface area contributed by atoms with E-state index < -0.39 is 0 Å². The zero-order valence-corrected chi connectivity index (χ0v) is 13.6. The minimum Gasteiger partial charge on any atom is -0.341 e. The highest BCUT2D eigenvalue weighted by atomic mass is 16.2. The van der Waals surface area contributed by atoms with Crippen molar-refractivity contribution in [1.29, 1.82) is 0 Å². The third kappa shape index (κ3) is 5.48. The Morgan fingerprint density at radius 2 is 1.48 bits per heavy atom.